The molecule has 0 aromatic heterocycles. The summed E-state index contributed by atoms with van der Waals surface area (Å²) in [6.07, 6.45) is 4.15. The number of nitrogens with one attached hydrogen (secondary N) is 1. The molecule has 1 heterocycles. The average molecular weight is 195 g/mol. The van der Waals surface area contributed by atoms with Gasteiger partial charge >= 0.3 is 0 Å². The van der Waals surface area contributed by atoms with E-state index in [1.165, 1.54) is 0 Å². The molecule has 0 aromatic rings. The highest BCUT2D eigenvalue weighted by Gasteiger charge is 2.56. The number of carbonyl (C=O) groups is 2. The smallest absolute Gasteiger partial charge is 0.240 e. The van der Waals surface area contributed by atoms with Crippen molar-refractivity contribution in [2.24, 2.45) is 11.3 Å². The molecule has 76 valence electrons. The van der Waals surface area contributed by atoms with Gasteiger partial charge in [0.25, 0.3) is 0 Å². The van der Waals surface area contributed by atoms with E-state index in [1.54, 1.807) is 13.0 Å². The second-order valence-electron chi connectivity index (χ2n) is 3.96. The first-order chi connectivity index (χ1) is 6.59. The maximum absolute atomic E-state index is 11.6. The van der Waals surface area contributed by atoms with Gasteiger partial charge in [-0.2, -0.15) is 0 Å². The van der Waals surface area contributed by atoms with Crippen LogP contribution in [-0.4, -0.2) is 23.0 Å². The number of imide groups is 1. The van der Waals surface area contributed by atoms with Crippen LogP contribution in [0.1, 0.15) is 19.8 Å². The molecule has 4 nitrogen and oxygen atoms in total. The van der Waals surface area contributed by atoms with Crippen LogP contribution in [0.2, 0.25) is 0 Å². The topological polar surface area (TPSA) is 66.4 Å². The van der Waals surface area contributed by atoms with Gasteiger partial charge in [-0.3, -0.25) is 14.9 Å². The molecule has 14 heavy (non-hydrogen) atoms. The van der Waals surface area contributed by atoms with Crippen LogP contribution >= 0.6 is 0 Å². The lowest BCUT2D eigenvalue weighted by atomic mass is 9.68. The Morgan fingerprint density at radius 1 is 1.64 bits per heavy atom. The highest BCUT2D eigenvalue weighted by atomic mass is 16.3. The van der Waals surface area contributed by atoms with E-state index < -0.39 is 11.5 Å². The number of allylic oxidation sites excluding steroid dienone is 1. The Kier molecular flexibility index (Phi) is 1.96. The Bertz CT molecular complexity index is 321. The Hall–Kier alpha value is -1.16. The van der Waals surface area contributed by atoms with Crippen molar-refractivity contribution in [3.63, 3.8) is 0 Å². The van der Waals surface area contributed by atoms with Gasteiger partial charge in [0, 0.05) is 0 Å². The molecule has 3 unspecified atom stereocenters. The van der Waals surface area contributed by atoms with E-state index in [0.717, 1.165) is 6.42 Å². The lowest BCUT2D eigenvalue weighted by molar-refractivity contribution is -0.131. The highest BCUT2D eigenvalue weighted by Crippen LogP contribution is 2.43. The van der Waals surface area contributed by atoms with Crippen LogP contribution in [0.25, 0.3) is 0 Å². The van der Waals surface area contributed by atoms with Gasteiger partial charge in [-0.15, -0.1) is 0 Å². The number of carbonyl (C=O) groups excluding carboxylic acids is 2. The summed E-state index contributed by atoms with van der Waals surface area (Å²) in [6, 6.07) is 0. The van der Waals surface area contributed by atoms with Crippen molar-refractivity contribution >= 4 is 11.8 Å². The normalized spacial score (nSPS) is 38.0. The summed E-state index contributed by atoms with van der Waals surface area (Å²) >= 11 is 0. The largest absolute Gasteiger partial charge is 0.392 e. The van der Waals surface area contributed by atoms with E-state index in [-0.39, 0.29) is 17.7 Å². The molecule has 0 radical (unpaired) electrons. The van der Waals surface area contributed by atoms with E-state index in [9.17, 15) is 14.7 Å². The fourth-order valence-corrected chi connectivity index (χ4v) is 2.41. The summed E-state index contributed by atoms with van der Waals surface area (Å²) in [5, 5.41) is 12.0. The molecular weight excluding hydrogens is 182 g/mol. The number of amides is 2. The van der Waals surface area contributed by atoms with Crippen molar-refractivity contribution in [3.8, 4) is 0 Å². The van der Waals surface area contributed by atoms with Gasteiger partial charge in [-0.25, -0.2) is 0 Å². The van der Waals surface area contributed by atoms with Gasteiger partial charge in [0.1, 0.15) is 5.41 Å². The second kappa shape index (κ2) is 2.92. The molecule has 1 aliphatic carbocycles. The molecule has 2 rings (SSSR count). The fraction of sp³-hybridized carbons (Fsp3) is 0.600. The van der Waals surface area contributed by atoms with E-state index in [1.807, 2.05) is 6.08 Å². The predicted octanol–water partition coefficient (Wildman–Crippen LogP) is -0.0238. The first-order valence-corrected chi connectivity index (χ1v) is 4.80. The molecule has 2 amide bonds. The molecule has 2 N–H and O–H groups in total. The fourth-order valence-electron chi connectivity index (χ4n) is 2.41. The Balaban J connectivity index is 2.49. The van der Waals surface area contributed by atoms with Crippen LogP contribution in [0, 0.1) is 11.3 Å². The third-order valence-corrected chi connectivity index (χ3v) is 3.23. The molecule has 1 aliphatic heterocycles. The Morgan fingerprint density at radius 3 is 2.93 bits per heavy atom. The van der Waals surface area contributed by atoms with Gasteiger partial charge < -0.3 is 5.11 Å². The average Bonchev–Trinajstić information content (AvgIpc) is 2.41. The maximum atomic E-state index is 11.6. The summed E-state index contributed by atoms with van der Waals surface area (Å²) in [5.74, 6) is -1.00. The van der Waals surface area contributed by atoms with Crippen molar-refractivity contribution in [2.75, 3.05) is 0 Å². The van der Waals surface area contributed by atoms with Gasteiger partial charge in [0.05, 0.1) is 12.0 Å². The zero-order valence-corrected chi connectivity index (χ0v) is 7.99. The molecule has 1 saturated heterocycles. The minimum atomic E-state index is -1.00. The van der Waals surface area contributed by atoms with Gasteiger partial charge in [0.15, 0.2) is 0 Å². The van der Waals surface area contributed by atoms with Crippen LogP contribution in [0.15, 0.2) is 12.2 Å². The lowest BCUT2D eigenvalue weighted by Gasteiger charge is -2.33. The van der Waals surface area contributed by atoms with Gasteiger partial charge in [-0.05, 0) is 19.8 Å². The third-order valence-electron chi connectivity index (χ3n) is 3.23. The summed E-state index contributed by atoms with van der Waals surface area (Å²) in [5.41, 5.74) is -1.00. The van der Waals surface area contributed by atoms with Crippen LogP contribution < -0.4 is 5.32 Å². The van der Waals surface area contributed by atoms with Gasteiger partial charge in [-0.1, -0.05) is 12.2 Å². The number of hydrogen-bond donors (Lipinski definition) is 2. The van der Waals surface area contributed by atoms with Crippen LogP contribution in [0.4, 0.5) is 0 Å². The standard InChI is InChI=1S/C10H13NO3/c1-6(12)10-5-3-2-4-7(10)8(13)11-9(10)14/h3,5-7,12H,2,4H2,1H3,(H,11,13,14). The Labute approximate surface area is 82.0 Å². The molecule has 4 heteroatoms. The second-order valence-corrected chi connectivity index (χ2v) is 3.96. The summed E-state index contributed by atoms with van der Waals surface area (Å²) in [4.78, 5) is 23.1. The molecule has 2 aliphatic rings. The van der Waals surface area contributed by atoms with E-state index >= 15 is 0 Å². The number of hydrogen-bond acceptors (Lipinski definition) is 3. The SMILES string of the molecule is CC(O)C12C=CCCC1C(=O)NC2=O. The quantitative estimate of drug-likeness (QED) is 0.456. The van der Waals surface area contributed by atoms with E-state index in [4.69, 9.17) is 0 Å². The van der Waals surface area contributed by atoms with Crippen molar-refractivity contribution in [1.82, 2.24) is 5.32 Å². The highest BCUT2D eigenvalue weighted by molar-refractivity contribution is 6.09. The van der Waals surface area contributed by atoms with Gasteiger partial charge in [0.2, 0.25) is 11.8 Å². The number of fused-ring (bicyclic) bond motifs is 1. The van der Waals surface area contributed by atoms with Crippen molar-refractivity contribution in [3.05, 3.63) is 12.2 Å². The van der Waals surface area contributed by atoms with Crippen molar-refractivity contribution in [2.45, 2.75) is 25.9 Å². The monoisotopic (exact) mass is 195 g/mol. The first kappa shape index (κ1) is 9.40. The maximum Gasteiger partial charge on any atom is 0.240 e. The zero-order valence-electron chi connectivity index (χ0n) is 7.99. The molecule has 3 atom stereocenters. The van der Waals surface area contributed by atoms with E-state index in [2.05, 4.69) is 5.32 Å². The molecule has 0 spiro atoms. The number of rotatable bonds is 1. The van der Waals surface area contributed by atoms with Crippen molar-refractivity contribution < 1.29 is 14.7 Å². The molecule has 0 bridgehead atoms. The minimum Gasteiger partial charge on any atom is -0.392 e. The Morgan fingerprint density at radius 2 is 2.36 bits per heavy atom. The molecule has 1 fully saturated rings. The zero-order chi connectivity index (χ0) is 10.3. The summed E-state index contributed by atoms with van der Waals surface area (Å²) in [7, 11) is 0. The van der Waals surface area contributed by atoms with Crippen molar-refractivity contribution in [1.29, 1.82) is 0 Å². The summed E-state index contributed by atoms with van der Waals surface area (Å²) < 4.78 is 0. The molecule has 0 saturated carbocycles. The summed E-state index contributed by atoms with van der Waals surface area (Å²) in [6.45, 7) is 1.56. The predicted molar refractivity (Wildman–Crippen MR) is 49.1 cm³/mol. The molecule has 0 aromatic carbocycles. The molecular formula is C10H13NO3. The first-order valence-electron chi connectivity index (χ1n) is 4.80. The van der Waals surface area contributed by atoms with Crippen LogP contribution in [0.3, 0.4) is 0 Å². The third kappa shape index (κ3) is 0.973. The van der Waals surface area contributed by atoms with Crippen LogP contribution in [0.5, 0.6) is 0 Å². The van der Waals surface area contributed by atoms with E-state index in [0.29, 0.717) is 6.42 Å². The van der Waals surface area contributed by atoms with Crippen LogP contribution in [-0.2, 0) is 9.59 Å². The minimum absolute atomic E-state index is 0.250. The lowest BCUT2D eigenvalue weighted by Crippen LogP contribution is -2.43. The number of aliphatic hydroxyl groups is 1. The number of aliphatic hydroxyl groups excluding tert-OH is 1.